The number of hydrogen-bond acceptors (Lipinski definition) is 4. The Morgan fingerprint density at radius 2 is 1.63 bits per heavy atom. The molecule has 1 saturated carbocycles. The van der Waals surface area contributed by atoms with Crippen molar-refractivity contribution in [2.75, 3.05) is 13.1 Å². The van der Waals surface area contributed by atoms with Crippen molar-refractivity contribution in [2.24, 2.45) is 5.92 Å². The van der Waals surface area contributed by atoms with Gasteiger partial charge in [0.15, 0.2) is 0 Å². The summed E-state index contributed by atoms with van der Waals surface area (Å²) in [6.45, 7) is 6.76. The van der Waals surface area contributed by atoms with Crippen molar-refractivity contribution < 1.29 is 19.1 Å². The van der Waals surface area contributed by atoms with Gasteiger partial charge in [0, 0.05) is 25.9 Å². The molecule has 2 fully saturated rings. The van der Waals surface area contributed by atoms with E-state index in [1.807, 2.05) is 20.8 Å². The van der Waals surface area contributed by atoms with Gasteiger partial charge in [0.25, 0.3) is 0 Å². The maximum Gasteiger partial charge on any atom is 0.410 e. The smallest absolute Gasteiger partial charge is 0.410 e. The average Bonchev–Trinajstić information content (AvgIpc) is 3.11. The van der Waals surface area contributed by atoms with E-state index in [2.05, 4.69) is 0 Å². The number of hydrogen-bond donors (Lipinski definition) is 0. The molecule has 0 aromatic heterocycles. The van der Waals surface area contributed by atoms with Crippen LogP contribution in [0.4, 0.5) is 4.79 Å². The zero-order chi connectivity index (χ0) is 14.0. The lowest BCUT2D eigenvalue weighted by atomic mass is 10.1. The van der Waals surface area contributed by atoms with Crippen LogP contribution in [0.3, 0.4) is 0 Å². The molecule has 1 saturated heterocycles. The van der Waals surface area contributed by atoms with Gasteiger partial charge in [0.1, 0.15) is 11.7 Å². The van der Waals surface area contributed by atoms with E-state index in [1.54, 1.807) is 4.90 Å². The van der Waals surface area contributed by atoms with Crippen molar-refractivity contribution in [1.29, 1.82) is 0 Å². The second kappa shape index (κ2) is 5.39. The highest BCUT2D eigenvalue weighted by Gasteiger charge is 2.34. The Balaban J connectivity index is 1.72. The first-order chi connectivity index (χ1) is 8.85. The van der Waals surface area contributed by atoms with E-state index in [0.717, 1.165) is 12.8 Å². The Morgan fingerprint density at radius 1 is 1.05 bits per heavy atom. The van der Waals surface area contributed by atoms with E-state index < -0.39 is 5.60 Å². The molecule has 1 aliphatic carbocycles. The third-order valence-corrected chi connectivity index (χ3v) is 3.29. The molecule has 0 aromatic carbocycles. The maximum atomic E-state index is 11.9. The predicted molar refractivity (Wildman–Crippen MR) is 69.6 cm³/mol. The molecule has 5 nitrogen and oxygen atoms in total. The first kappa shape index (κ1) is 14.2. The number of piperidine rings is 1. The molecule has 0 radical (unpaired) electrons. The summed E-state index contributed by atoms with van der Waals surface area (Å²) in [4.78, 5) is 25.1. The number of rotatable bonds is 2. The van der Waals surface area contributed by atoms with Crippen molar-refractivity contribution in [3.8, 4) is 0 Å². The van der Waals surface area contributed by atoms with Crippen LogP contribution in [0, 0.1) is 5.92 Å². The lowest BCUT2D eigenvalue weighted by Gasteiger charge is -2.33. The second-order valence-electron chi connectivity index (χ2n) is 6.38. The lowest BCUT2D eigenvalue weighted by molar-refractivity contribution is -0.152. The van der Waals surface area contributed by atoms with Crippen LogP contribution in [-0.4, -0.2) is 41.8 Å². The third-order valence-electron chi connectivity index (χ3n) is 3.29. The molecule has 0 bridgehead atoms. The summed E-state index contributed by atoms with van der Waals surface area (Å²) in [5, 5.41) is 0. The van der Waals surface area contributed by atoms with Crippen LogP contribution in [0.15, 0.2) is 0 Å². The van der Waals surface area contributed by atoms with E-state index in [4.69, 9.17) is 9.47 Å². The van der Waals surface area contributed by atoms with Crippen molar-refractivity contribution in [2.45, 2.75) is 58.2 Å². The van der Waals surface area contributed by atoms with Gasteiger partial charge in [0.2, 0.25) is 0 Å². The monoisotopic (exact) mass is 269 g/mol. The molecule has 108 valence electrons. The number of carbonyl (C=O) groups excluding carboxylic acids is 2. The Bertz CT molecular complexity index is 349. The minimum Gasteiger partial charge on any atom is -0.462 e. The van der Waals surface area contributed by atoms with E-state index >= 15 is 0 Å². The SMILES string of the molecule is CC(C)(C)OC(=O)N1CCC(OC(=O)C2CC2)CC1. The van der Waals surface area contributed by atoms with Gasteiger partial charge in [-0.2, -0.15) is 0 Å². The van der Waals surface area contributed by atoms with Crippen LogP contribution in [-0.2, 0) is 14.3 Å². The van der Waals surface area contributed by atoms with E-state index in [0.29, 0.717) is 25.9 Å². The zero-order valence-corrected chi connectivity index (χ0v) is 12.0. The largest absolute Gasteiger partial charge is 0.462 e. The van der Waals surface area contributed by atoms with Gasteiger partial charge in [-0.3, -0.25) is 4.79 Å². The Hall–Kier alpha value is -1.26. The Morgan fingerprint density at radius 3 is 2.11 bits per heavy atom. The molecular formula is C14H23NO4. The van der Waals surface area contributed by atoms with Gasteiger partial charge in [-0.15, -0.1) is 0 Å². The number of amides is 1. The summed E-state index contributed by atoms with van der Waals surface area (Å²) in [5.41, 5.74) is -0.466. The van der Waals surface area contributed by atoms with E-state index in [1.165, 1.54) is 0 Å². The summed E-state index contributed by atoms with van der Waals surface area (Å²) < 4.78 is 10.7. The number of nitrogens with zero attached hydrogens (tertiary/aromatic N) is 1. The van der Waals surface area contributed by atoms with Crippen molar-refractivity contribution in [3.63, 3.8) is 0 Å². The fourth-order valence-corrected chi connectivity index (χ4v) is 2.06. The number of carbonyl (C=O) groups is 2. The number of ether oxygens (including phenoxy) is 2. The minimum absolute atomic E-state index is 0.0354. The van der Waals surface area contributed by atoms with Gasteiger partial charge >= 0.3 is 12.1 Å². The summed E-state index contributed by atoms with van der Waals surface area (Å²) in [5.74, 6) is 0.0830. The molecule has 2 aliphatic rings. The van der Waals surface area contributed by atoms with Crippen LogP contribution < -0.4 is 0 Å². The maximum absolute atomic E-state index is 11.9. The fraction of sp³-hybridized carbons (Fsp3) is 0.857. The lowest BCUT2D eigenvalue weighted by Crippen LogP contribution is -2.43. The number of esters is 1. The fourth-order valence-electron chi connectivity index (χ4n) is 2.06. The van der Waals surface area contributed by atoms with Crippen LogP contribution in [0.5, 0.6) is 0 Å². The van der Waals surface area contributed by atoms with Gasteiger partial charge in [-0.25, -0.2) is 4.79 Å². The van der Waals surface area contributed by atoms with Crippen LogP contribution in [0.1, 0.15) is 46.5 Å². The standard InChI is InChI=1S/C14H23NO4/c1-14(2,3)19-13(17)15-8-6-11(7-9-15)18-12(16)10-4-5-10/h10-11H,4-9H2,1-3H3. The van der Waals surface area contributed by atoms with Crippen LogP contribution in [0.25, 0.3) is 0 Å². The normalized spacial score (nSPS) is 21.1. The van der Waals surface area contributed by atoms with Gasteiger partial charge < -0.3 is 14.4 Å². The molecule has 0 aromatic rings. The number of likely N-dealkylation sites (tertiary alicyclic amines) is 1. The molecule has 1 amide bonds. The summed E-state index contributed by atoms with van der Waals surface area (Å²) >= 11 is 0. The molecule has 0 unspecified atom stereocenters. The molecule has 0 N–H and O–H groups in total. The van der Waals surface area contributed by atoms with Crippen molar-refractivity contribution >= 4 is 12.1 Å². The van der Waals surface area contributed by atoms with Gasteiger partial charge in [-0.05, 0) is 33.6 Å². The second-order valence-corrected chi connectivity index (χ2v) is 6.38. The highest BCUT2D eigenvalue weighted by Crippen LogP contribution is 2.31. The molecule has 0 atom stereocenters. The van der Waals surface area contributed by atoms with Crippen molar-refractivity contribution in [1.82, 2.24) is 4.90 Å². The molecule has 2 rings (SSSR count). The molecule has 0 spiro atoms. The Kier molecular flexibility index (Phi) is 4.02. The van der Waals surface area contributed by atoms with Crippen LogP contribution in [0.2, 0.25) is 0 Å². The zero-order valence-electron chi connectivity index (χ0n) is 12.0. The molecule has 5 heteroatoms. The first-order valence-corrected chi connectivity index (χ1v) is 7.03. The summed E-state index contributed by atoms with van der Waals surface area (Å²) in [6, 6.07) is 0. The van der Waals surface area contributed by atoms with Gasteiger partial charge in [0.05, 0.1) is 5.92 Å². The molecule has 19 heavy (non-hydrogen) atoms. The van der Waals surface area contributed by atoms with E-state index in [-0.39, 0.29) is 24.1 Å². The summed E-state index contributed by atoms with van der Waals surface area (Å²) in [6.07, 6.45) is 3.03. The third kappa shape index (κ3) is 4.40. The average molecular weight is 269 g/mol. The van der Waals surface area contributed by atoms with Gasteiger partial charge in [-0.1, -0.05) is 0 Å². The first-order valence-electron chi connectivity index (χ1n) is 7.03. The van der Waals surface area contributed by atoms with E-state index in [9.17, 15) is 9.59 Å². The molecule has 1 heterocycles. The quantitative estimate of drug-likeness (QED) is 0.722. The molecule has 1 aliphatic heterocycles. The van der Waals surface area contributed by atoms with Crippen LogP contribution >= 0.6 is 0 Å². The summed E-state index contributed by atoms with van der Waals surface area (Å²) in [7, 11) is 0. The highest BCUT2D eigenvalue weighted by molar-refractivity contribution is 5.75. The molecular weight excluding hydrogens is 246 g/mol. The van der Waals surface area contributed by atoms with Crippen molar-refractivity contribution in [3.05, 3.63) is 0 Å². The Labute approximate surface area is 114 Å². The highest BCUT2D eigenvalue weighted by atomic mass is 16.6. The predicted octanol–water partition coefficient (Wildman–Crippen LogP) is 2.34. The topological polar surface area (TPSA) is 55.8 Å². The minimum atomic E-state index is -0.466.